The zero-order valence-corrected chi connectivity index (χ0v) is 15.6. The molecule has 6 heteroatoms. The molecule has 0 unspecified atom stereocenters. The number of hydrogen-bond acceptors (Lipinski definition) is 5. The van der Waals surface area contributed by atoms with Crippen LogP contribution in [0.3, 0.4) is 0 Å². The van der Waals surface area contributed by atoms with Gasteiger partial charge in [0.2, 0.25) is 0 Å². The molecule has 1 aliphatic heterocycles. The number of anilines is 1. The third-order valence-corrected chi connectivity index (χ3v) is 5.30. The summed E-state index contributed by atoms with van der Waals surface area (Å²) < 4.78 is 2.22. The predicted octanol–water partition coefficient (Wildman–Crippen LogP) is 3.11. The molecule has 4 aromatic rings. The largest absolute Gasteiger partial charge is 0.353 e. The average Bonchev–Trinajstić information content (AvgIpc) is 3.14. The topological polar surface area (TPSA) is 49.6 Å². The fraction of sp³-hybridized carbons (Fsp3) is 0.227. The smallest absolute Gasteiger partial charge is 0.147 e. The van der Waals surface area contributed by atoms with Gasteiger partial charge in [-0.25, -0.2) is 9.97 Å². The molecule has 4 heterocycles. The highest BCUT2D eigenvalue weighted by molar-refractivity contribution is 5.66. The predicted molar refractivity (Wildman–Crippen MR) is 110 cm³/mol. The van der Waals surface area contributed by atoms with Crippen molar-refractivity contribution in [3.8, 4) is 11.3 Å². The van der Waals surface area contributed by atoms with Gasteiger partial charge in [-0.1, -0.05) is 36.4 Å². The minimum atomic E-state index is 0.879. The van der Waals surface area contributed by atoms with E-state index in [0.717, 1.165) is 49.9 Å². The fourth-order valence-corrected chi connectivity index (χ4v) is 3.83. The number of rotatable bonds is 4. The molecular weight excluding hydrogens is 348 g/mol. The average molecular weight is 370 g/mol. The molecule has 0 radical (unpaired) electrons. The highest BCUT2D eigenvalue weighted by Crippen LogP contribution is 2.26. The van der Waals surface area contributed by atoms with Crippen LogP contribution < -0.4 is 4.90 Å². The number of aromatic nitrogens is 4. The molecule has 6 nitrogen and oxygen atoms in total. The molecule has 1 fully saturated rings. The normalized spacial score (nSPS) is 15.2. The van der Waals surface area contributed by atoms with E-state index in [1.54, 1.807) is 12.4 Å². The lowest BCUT2D eigenvalue weighted by Gasteiger charge is -2.35. The second kappa shape index (κ2) is 7.40. The van der Waals surface area contributed by atoms with Crippen LogP contribution in [0.2, 0.25) is 0 Å². The number of imidazole rings is 1. The van der Waals surface area contributed by atoms with Crippen molar-refractivity contribution in [3.63, 3.8) is 0 Å². The van der Waals surface area contributed by atoms with Crippen LogP contribution in [0.1, 0.15) is 5.69 Å². The van der Waals surface area contributed by atoms with Crippen molar-refractivity contribution in [3.05, 3.63) is 79.0 Å². The van der Waals surface area contributed by atoms with Crippen molar-refractivity contribution < 1.29 is 0 Å². The Morgan fingerprint density at radius 1 is 0.857 bits per heavy atom. The molecule has 28 heavy (non-hydrogen) atoms. The molecule has 0 aliphatic carbocycles. The standard InChI is InChI=1S/C22H22N6/c1-2-6-18(7-3-1)22-19(28-11-5-4-8-20(28)25-22)17-26-12-14-27(15-13-26)21-16-23-9-10-24-21/h1-11,16H,12-15,17H2. The quantitative estimate of drug-likeness (QED) is 0.552. The maximum Gasteiger partial charge on any atom is 0.147 e. The highest BCUT2D eigenvalue weighted by atomic mass is 15.3. The van der Waals surface area contributed by atoms with Crippen LogP contribution in [0.25, 0.3) is 16.9 Å². The summed E-state index contributed by atoms with van der Waals surface area (Å²) in [7, 11) is 0. The lowest BCUT2D eigenvalue weighted by molar-refractivity contribution is 0.246. The number of fused-ring (bicyclic) bond motifs is 1. The minimum absolute atomic E-state index is 0.879. The van der Waals surface area contributed by atoms with Crippen molar-refractivity contribution in [1.82, 2.24) is 24.3 Å². The van der Waals surface area contributed by atoms with Gasteiger partial charge < -0.3 is 9.30 Å². The number of pyridine rings is 1. The number of hydrogen-bond donors (Lipinski definition) is 0. The third kappa shape index (κ3) is 3.23. The second-order valence-electron chi connectivity index (χ2n) is 7.03. The van der Waals surface area contributed by atoms with E-state index in [-0.39, 0.29) is 0 Å². The SMILES string of the molecule is c1ccc(-c2nc3ccccn3c2CN2CCN(c3cnccn3)CC2)cc1. The van der Waals surface area contributed by atoms with Gasteiger partial charge in [-0.2, -0.15) is 0 Å². The summed E-state index contributed by atoms with van der Waals surface area (Å²) in [6.07, 6.45) is 7.43. The van der Waals surface area contributed by atoms with Crippen LogP contribution in [0.4, 0.5) is 5.82 Å². The van der Waals surface area contributed by atoms with Gasteiger partial charge in [-0.3, -0.25) is 9.88 Å². The zero-order valence-electron chi connectivity index (χ0n) is 15.6. The molecule has 1 aromatic carbocycles. The first-order valence-electron chi connectivity index (χ1n) is 9.63. The lowest BCUT2D eigenvalue weighted by Crippen LogP contribution is -2.46. The van der Waals surface area contributed by atoms with E-state index in [1.165, 1.54) is 11.3 Å². The second-order valence-corrected chi connectivity index (χ2v) is 7.03. The van der Waals surface area contributed by atoms with Gasteiger partial charge in [0, 0.05) is 56.9 Å². The van der Waals surface area contributed by atoms with E-state index in [2.05, 4.69) is 66.8 Å². The Bertz CT molecular complexity index is 1050. The Balaban J connectivity index is 1.40. The van der Waals surface area contributed by atoms with E-state index >= 15 is 0 Å². The first-order chi connectivity index (χ1) is 13.9. The van der Waals surface area contributed by atoms with Gasteiger partial charge in [0.25, 0.3) is 0 Å². The van der Waals surface area contributed by atoms with E-state index in [9.17, 15) is 0 Å². The summed E-state index contributed by atoms with van der Waals surface area (Å²) in [5, 5.41) is 0. The molecule has 0 bridgehead atoms. The summed E-state index contributed by atoms with van der Waals surface area (Å²) in [5.41, 5.74) is 4.48. The van der Waals surface area contributed by atoms with E-state index in [0.29, 0.717) is 0 Å². The number of nitrogens with zero attached hydrogens (tertiary/aromatic N) is 6. The van der Waals surface area contributed by atoms with Crippen molar-refractivity contribution >= 4 is 11.5 Å². The molecule has 0 saturated carbocycles. The van der Waals surface area contributed by atoms with Crippen molar-refractivity contribution in [2.75, 3.05) is 31.1 Å². The number of benzene rings is 1. The Morgan fingerprint density at radius 3 is 2.46 bits per heavy atom. The highest BCUT2D eigenvalue weighted by Gasteiger charge is 2.21. The Hall–Kier alpha value is -3.25. The minimum Gasteiger partial charge on any atom is -0.353 e. The molecule has 0 atom stereocenters. The van der Waals surface area contributed by atoms with Crippen molar-refractivity contribution in [1.29, 1.82) is 0 Å². The first-order valence-corrected chi connectivity index (χ1v) is 9.63. The first kappa shape index (κ1) is 16.9. The molecule has 1 aliphatic rings. The van der Waals surface area contributed by atoms with Crippen LogP contribution in [-0.2, 0) is 6.54 Å². The van der Waals surface area contributed by atoms with Crippen LogP contribution >= 0.6 is 0 Å². The third-order valence-electron chi connectivity index (χ3n) is 5.30. The van der Waals surface area contributed by atoms with E-state index < -0.39 is 0 Å². The summed E-state index contributed by atoms with van der Waals surface area (Å²) >= 11 is 0. The van der Waals surface area contributed by atoms with Gasteiger partial charge >= 0.3 is 0 Å². The summed E-state index contributed by atoms with van der Waals surface area (Å²) in [6, 6.07) is 16.6. The fourth-order valence-electron chi connectivity index (χ4n) is 3.83. The van der Waals surface area contributed by atoms with Crippen LogP contribution in [0, 0.1) is 0 Å². The van der Waals surface area contributed by atoms with Crippen molar-refractivity contribution in [2.45, 2.75) is 6.54 Å². The summed E-state index contributed by atoms with van der Waals surface area (Å²) in [5.74, 6) is 0.960. The summed E-state index contributed by atoms with van der Waals surface area (Å²) in [6.45, 7) is 4.77. The molecule has 0 spiro atoms. The molecule has 0 amide bonds. The van der Waals surface area contributed by atoms with Gasteiger partial charge in [0.05, 0.1) is 17.6 Å². The van der Waals surface area contributed by atoms with E-state index in [1.807, 2.05) is 18.3 Å². The molecule has 1 saturated heterocycles. The molecule has 3 aromatic heterocycles. The van der Waals surface area contributed by atoms with E-state index in [4.69, 9.17) is 4.98 Å². The van der Waals surface area contributed by atoms with Crippen LogP contribution in [-0.4, -0.2) is 50.4 Å². The van der Waals surface area contributed by atoms with Crippen LogP contribution in [0.5, 0.6) is 0 Å². The molecule has 5 rings (SSSR count). The van der Waals surface area contributed by atoms with Crippen molar-refractivity contribution in [2.24, 2.45) is 0 Å². The van der Waals surface area contributed by atoms with Crippen LogP contribution in [0.15, 0.2) is 73.3 Å². The maximum absolute atomic E-state index is 4.92. The molecule has 0 N–H and O–H groups in total. The maximum atomic E-state index is 4.92. The molecule has 140 valence electrons. The Labute approximate surface area is 164 Å². The number of piperazine rings is 1. The Morgan fingerprint density at radius 2 is 1.68 bits per heavy atom. The van der Waals surface area contributed by atoms with Gasteiger partial charge in [0.15, 0.2) is 0 Å². The molecular formula is C22H22N6. The van der Waals surface area contributed by atoms with Gasteiger partial charge in [-0.05, 0) is 12.1 Å². The zero-order chi connectivity index (χ0) is 18.8. The van der Waals surface area contributed by atoms with Gasteiger partial charge in [0.1, 0.15) is 11.5 Å². The lowest BCUT2D eigenvalue weighted by atomic mass is 10.1. The Kier molecular flexibility index (Phi) is 4.47. The summed E-state index contributed by atoms with van der Waals surface area (Å²) in [4.78, 5) is 18.3. The van der Waals surface area contributed by atoms with Gasteiger partial charge in [-0.15, -0.1) is 0 Å². The monoisotopic (exact) mass is 370 g/mol.